The number of amides is 1. The first-order chi connectivity index (χ1) is 13.8. The van der Waals surface area contributed by atoms with Crippen LogP contribution in [-0.2, 0) is 14.3 Å². The van der Waals surface area contributed by atoms with E-state index in [9.17, 15) is 35.1 Å². The molecule has 0 bridgehead atoms. The first kappa shape index (κ1) is 23.4. The summed E-state index contributed by atoms with van der Waals surface area (Å²) in [7, 11) is 0. The van der Waals surface area contributed by atoms with Crippen LogP contribution in [0.25, 0.3) is 0 Å². The molecular weight excluding hydrogens is 394 g/mol. The third-order valence-electron chi connectivity index (χ3n) is 4.73. The standard InChI is InChI=1S/C15H26N5O9/c16-15-17-1-9(19-7(4-23)13(28)18-6(2-21)3-22)20(15)14-12(27)11(26)10(25)8(5-24)29-14/h6-12,14,19,21,23-27H,1-2,4-5H2,(H2,16,17)(H,18,28). The van der Waals surface area contributed by atoms with E-state index in [0.29, 0.717) is 0 Å². The van der Waals surface area contributed by atoms with Crippen molar-refractivity contribution in [1.82, 2.24) is 20.9 Å². The normalized spacial score (nSPS) is 34.4. The number of rotatable bonds is 9. The van der Waals surface area contributed by atoms with Gasteiger partial charge >= 0.3 is 0 Å². The van der Waals surface area contributed by atoms with Crippen LogP contribution >= 0.6 is 0 Å². The Morgan fingerprint density at radius 1 is 1.24 bits per heavy atom. The first-order valence-electron chi connectivity index (χ1n) is 8.86. The summed E-state index contributed by atoms with van der Waals surface area (Å²) in [5.41, 5.74) is 0. The second-order valence-electron chi connectivity index (χ2n) is 6.64. The molecule has 14 heteroatoms. The molecule has 8 atom stereocenters. The second-order valence-corrected chi connectivity index (χ2v) is 6.64. The third-order valence-corrected chi connectivity index (χ3v) is 4.73. The number of ether oxygens (including phenoxy) is 1. The average Bonchev–Trinajstić information content (AvgIpc) is 3.08. The van der Waals surface area contributed by atoms with Gasteiger partial charge in [-0.25, -0.2) is 0 Å². The van der Waals surface area contributed by atoms with E-state index in [1.165, 1.54) is 6.29 Å². The highest BCUT2D eigenvalue weighted by molar-refractivity contribution is 5.85. The Morgan fingerprint density at radius 3 is 2.48 bits per heavy atom. The number of guanidine groups is 1. The average molecular weight is 420 g/mol. The Kier molecular flexibility index (Phi) is 8.23. The molecule has 0 aromatic rings. The second kappa shape index (κ2) is 10.2. The fourth-order valence-electron chi connectivity index (χ4n) is 3.12. The van der Waals surface area contributed by atoms with Gasteiger partial charge in [-0.05, 0) is 0 Å². The Bertz CT molecular complexity index is 595. The highest BCUT2D eigenvalue weighted by atomic mass is 16.6. The molecule has 1 amide bonds. The van der Waals surface area contributed by atoms with Gasteiger partial charge in [0.15, 0.2) is 12.2 Å². The molecule has 8 unspecified atom stereocenters. The largest absolute Gasteiger partial charge is 0.394 e. The smallest absolute Gasteiger partial charge is 0.240 e. The van der Waals surface area contributed by atoms with Crippen LogP contribution < -0.4 is 16.0 Å². The molecule has 2 heterocycles. The van der Waals surface area contributed by atoms with Crippen LogP contribution in [-0.4, -0.2) is 129 Å². The Balaban J connectivity index is 2.14. The van der Waals surface area contributed by atoms with Gasteiger partial charge in [0.1, 0.15) is 42.7 Å². The zero-order valence-corrected chi connectivity index (χ0v) is 15.3. The molecule has 2 aliphatic rings. The number of carbonyl (C=O) groups excluding carboxylic acids is 2. The summed E-state index contributed by atoms with van der Waals surface area (Å²) in [6.07, 6.45) is -6.91. The number of aliphatic hydroxyl groups is 6. The fraction of sp³-hybridized carbons (Fsp3) is 0.800. The maximum Gasteiger partial charge on any atom is 0.240 e. The van der Waals surface area contributed by atoms with Gasteiger partial charge < -0.3 is 46.0 Å². The molecule has 14 nitrogen and oxygen atoms in total. The van der Waals surface area contributed by atoms with Crippen molar-refractivity contribution in [2.45, 2.75) is 48.9 Å². The molecule has 0 saturated carbocycles. The van der Waals surface area contributed by atoms with Gasteiger partial charge in [-0.15, -0.1) is 0 Å². The van der Waals surface area contributed by atoms with Crippen LogP contribution in [0, 0.1) is 5.41 Å². The van der Waals surface area contributed by atoms with E-state index in [4.69, 9.17) is 15.3 Å². The Hall–Kier alpha value is -1.91. The van der Waals surface area contributed by atoms with Gasteiger partial charge in [0.25, 0.3) is 0 Å². The number of hydrogen-bond donors (Lipinski definition) is 10. The van der Waals surface area contributed by atoms with E-state index in [0.717, 1.165) is 4.90 Å². The summed E-state index contributed by atoms with van der Waals surface area (Å²) >= 11 is 0. The van der Waals surface area contributed by atoms with Crippen molar-refractivity contribution >= 4 is 18.2 Å². The number of carbonyl (C=O) groups is 1. The summed E-state index contributed by atoms with van der Waals surface area (Å²) in [4.78, 5) is 24.0. The third kappa shape index (κ3) is 4.99. The summed E-state index contributed by atoms with van der Waals surface area (Å²) in [5.74, 6) is -1.06. The minimum absolute atomic E-state index is 0.0425. The van der Waals surface area contributed by atoms with Gasteiger partial charge in [-0.3, -0.25) is 25.2 Å². The fourth-order valence-corrected chi connectivity index (χ4v) is 3.12. The lowest BCUT2D eigenvalue weighted by atomic mass is 9.97. The quantitative estimate of drug-likeness (QED) is 0.168. The summed E-state index contributed by atoms with van der Waals surface area (Å²) < 4.78 is 5.44. The zero-order valence-electron chi connectivity index (χ0n) is 15.3. The molecule has 2 fully saturated rings. The molecular formula is C15H26N5O9. The molecule has 1 radical (unpaired) electrons. The number of nitrogens with zero attached hydrogens (tertiary/aromatic N) is 1. The van der Waals surface area contributed by atoms with Gasteiger partial charge in [-0.2, -0.15) is 0 Å². The topological polar surface area (TPSA) is 228 Å². The van der Waals surface area contributed by atoms with Crippen molar-refractivity contribution in [1.29, 1.82) is 5.41 Å². The summed E-state index contributed by atoms with van der Waals surface area (Å²) in [6.45, 7) is -1.99. The molecule has 0 spiro atoms. The predicted molar refractivity (Wildman–Crippen MR) is 93.8 cm³/mol. The van der Waals surface area contributed by atoms with Crippen LogP contribution in [0.4, 0.5) is 0 Å². The van der Waals surface area contributed by atoms with E-state index in [-0.39, 0.29) is 12.5 Å². The molecule has 0 aliphatic carbocycles. The van der Waals surface area contributed by atoms with E-state index in [1.807, 2.05) is 0 Å². The predicted octanol–water partition coefficient (Wildman–Crippen LogP) is -6.51. The highest BCUT2D eigenvalue weighted by Gasteiger charge is 2.49. The van der Waals surface area contributed by atoms with Crippen LogP contribution in [0.15, 0.2) is 0 Å². The van der Waals surface area contributed by atoms with Crippen LogP contribution in [0.1, 0.15) is 0 Å². The van der Waals surface area contributed by atoms with Crippen molar-refractivity contribution in [2.24, 2.45) is 0 Å². The van der Waals surface area contributed by atoms with Crippen molar-refractivity contribution in [3.8, 4) is 0 Å². The van der Waals surface area contributed by atoms with Gasteiger partial charge in [0.05, 0.1) is 26.4 Å². The van der Waals surface area contributed by atoms with Gasteiger partial charge in [0.2, 0.25) is 12.2 Å². The molecule has 2 aliphatic heterocycles. The number of hydrogen-bond acceptors (Lipinski definition) is 11. The molecule has 0 aromatic carbocycles. The molecule has 2 rings (SSSR count). The Morgan fingerprint density at radius 2 is 1.93 bits per heavy atom. The number of nitrogens with one attached hydrogen (secondary N) is 4. The van der Waals surface area contributed by atoms with E-state index in [1.54, 1.807) is 0 Å². The highest BCUT2D eigenvalue weighted by Crippen LogP contribution is 2.26. The maximum atomic E-state index is 12.2. The maximum absolute atomic E-state index is 12.2. The van der Waals surface area contributed by atoms with E-state index in [2.05, 4.69) is 16.0 Å². The van der Waals surface area contributed by atoms with Crippen molar-refractivity contribution < 1.29 is 45.0 Å². The lowest BCUT2D eigenvalue weighted by Crippen LogP contribution is -2.67. The lowest BCUT2D eigenvalue weighted by Gasteiger charge is -2.45. The van der Waals surface area contributed by atoms with Crippen LogP contribution in [0.5, 0.6) is 0 Å². The zero-order chi connectivity index (χ0) is 21.7. The minimum Gasteiger partial charge on any atom is -0.394 e. The first-order valence-corrected chi connectivity index (χ1v) is 8.86. The van der Waals surface area contributed by atoms with Crippen LogP contribution in [0.3, 0.4) is 0 Å². The van der Waals surface area contributed by atoms with E-state index < -0.39 is 74.6 Å². The number of aliphatic hydroxyl groups excluding tert-OH is 6. The summed E-state index contributed by atoms with van der Waals surface area (Å²) in [5, 5.41) is 73.6. The van der Waals surface area contributed by atoms with Crippen molar-refractivity contribution in [3.05, 3.63) is 0 Å². The van der Waals surface area contributed by atoms with Gasteiger partial charge in [0, 0.05) is 0 Å². The molecule has 2 saturated heterocycles. The van der Waals surface area contributed by atoms with Crippen molar-refractivity contribution in [3.63, 3.8) is 0 Å². The minimum atomic E-state index is -1.66. The monoisotopic (exact) mass is 420 g/mol. The van der Waals surface area contributed by atoms with Crippen LogP contribution in [0.2, 0.25) is 0 Å². The summed E-state index contributed by atoms with van der Waals surface area (Å²) in [6, 6.07) is -2.54. The van der Waals surface area contributed by atoms with Gasteiger partial charge in [-0.1, -0.05) is 0 Å². The van der Waals surface area contributed by atoms with Crippen molar-refractivity contribution in [2.75, 3.05) is 26.4 Å². The molecule has 29 heavy (non-hydrogen) atoms. The lowest BCUT2D eigenvalue weighted by molar-refractivity contribution is -0.258. The SMILES string of the molecule is N=C1NCC(NC(CO)C(=O)NC([C]=O)CO)N1C1OC(CO)C(O)C(O)C1O. The molecule has 165 valence electrons. The Labute approximate surface area is 165 Å². The van der Waals surface area contributed by atoms with E-state index >= 15 is 0 Å². The molecule has 10 N–H and O–H groups in total. The molecule has 0 aromatic heterocycles.